The first-order valence-corrected chi connectivity index (χ1v) is 7.80. The SMILES string of the molecule is CN=C(NCc1ccc(C#N)cc1F)N1CCC2(CCC2)C1.I. The van der Waals surface area contributed by atoms with E-state index in [4.69, 9.17) is 5.26 Å². The highest BCUT2D eigenvalue weighted by atomic mass is 127. The Balaban J connectivity index is 0.00000192. The molecule has 2 fully saturated rings. The summed E-state index contributed by atoms with van der Waals surface area (Å²) in [5.41, 5.74) is 1.41. The zero-order chi connectivity index (χ0) is 15.6. The summed E-state index contributed by atoms with van der Waals surface area (Å²) in [6.45, 7) is 2.46. The van der Waals surface area contributed by atoms with Crippen molar-refractivity contribution in [3.05, 3.63) is 35.1 Å². The second-order valence-corrected chi connectivity index (χ2v) is 6.34. The third-order valence-corrected chi connectivity index (χ3v) is 4.98. The fraction of sp³-hybridized carbons (Fsp3) is 0.529. The number of rotatable bonds is 2. The molecule has 0 aromatic heterocycles. The van der Waals surface area contributed by atoms with Gasteiger partial charge in [-0.2, -0.15) is 5.26 Å². The minimum absolute atomic E-state index is 0. The molecule has 2 aliphatic rings. The second-order valence-electron chi connectivity index (χ2n) is 6.34. The third kappa shape index (κ3) is 3.77. The molecule has 1 aliphatic carbocycles. The van der Waals surface area contributed by atoms with E-state index in [-0.39, 0.29) is 29.8 Å². The number of guanidine groups is 1. The van der Waals surface area contributed by atoms with Crippen molar-refractivity contribution in [2.24, 2.45) is 10.4 Å². The highest BCUT2D eigenvalue weighted by Crippen LogP contribution is 2.47. The van der Waals surface area contributed by atoms with Crippen LogP contribution in [0, 0.1) is 22.6 Å². The molecule has 4 nitrogen and oxygen atoms in total. The lowest BCUT2D eigenvalue weighted by atomic mass is 9.68. The van der Waals surface area contributed by atoms with E-state index in [0.29, 0.717) is 23.1 Å². The molecule has 124 valence electrons. The van der Waals surface area contributed by atoms with Crippen LogP contribution in [0.4, 0.5) is 4.39 Å². The molecule has 1 aromatic carbocycles. The van der Waals surface area contributed by atoms with Gasteiger partial charge < -0.3 is 10.2 Å². The topological polar surface area (TPSA) is 51.4 Å². The number of nitriles is 1. The normalized spacial score (nSPS) is 19.0. The Hall–Kier alpha value is -1.36. The number of halogens is 2. The summed E-state index contributed by atoms with van der Waals surface area (Å²) in [5.74, 6) is 0.492. The van der Waals surface area contributed by atoms with E-state index >= 15 is 0 Å². The first-order valence-electron chi connectivity index (χ1n) is 7.80. The molecule has 1 heterocycles. The molecule has 0 unspecified atom stereocenters. The van der Waals surface area contributed by atoms with Crippen molar-refractivity contribution in [1.82, 2.24) is 10.2 Å². The molecule has 0 atom stereocenters. The van der Waals surface area contributed by atoms with Crippen LogP contribution in [0.15, 0.2) is 23.2 Å². The molecular formula is C17H22FIN4. The summed E-state index contributed by atoms with van der Waals surface area (Å²) < 4.78 is 13.9. The fourth-order valence-electron chi connectivity index (χ4n) is 3.47. The number of hydrogen-bond acceptors (Lipinski definition) is 2. The van der Waals surface area contributed by atoms with Crippen molar-refractivity contribution in [1.29, 1.82) is 5.26 Å². The summed E-state index contributed by atoms with van der Waals surface area (Å²) in [4.78, 5) is 6.61. The number of likely N-dealkylation sites (tertiary alicyclic amines) is 1. The van der Waals surface area contributed by atoms with E-state index in [1.807, 2.05) is 6.07 Å². The summed E-state index contributed by atoms with van der Waals surface area (Å²) in [7, 11) is 1.77. The average Bonchev–Trinajstić information content (AvgIpc) is 2.95. The van der Waals surface area contributed by atoms with Crippen LogP contribution in [0.5, 0.6) is 0 Å². The third-order valence-electron chi connectivity index (χ3n) is 4.98. The van der Waals surface area contributed by atoms with Gasteiger partial charge >= 0.3 is 0 Å². The van der Waals surface area contributed by atoms with Gasteiger partial charge in [0.2, 0.25) is 0 Å². The first kappa shape index (κ1) is 18.0. The second kappa shape index (κ2) is 7.47. The number of nitrogens with zero attached hydrogens (tertiary/aromatic N) is 3. The first-order chi connectivity index (χ1) is 10.7. The van der Waals surface area contributed by atoms with Gasteiger partial charge in [-0.25, -0.2) is 4.39 Å². The van der Waals surface area contributed by atoms with Crippen LogP contribution in [0.1, 0.15) is 36.8 Å². The molecular weight excluding hydrogens is 406 g/mol. The Bertz CT molecular complexity index is 634. The van der Waals surface area contributed by atoms with E-state index < -0.39 is 0 Å². The minimum Gasteiger partial charge on any atom is -0.352 e. The van der Waals surface area contributed by atoms with Crippen LogP contribution in [-0.4, -0.2) is 31.0 Å². The van der Waals surface area contributed by atoms with Gasteiger partial charge in [-0.3, -0.25) is 4.99 Å². The summed E-state index contributed by atoms with van der Waals surface area (Å²) >= 11 is 0. The van der Waals surface area contributed by atoms with E-state index in [0.717, 1.165) is 19.0 Å². The lowest BCUT2D eigenvalue weighted by Crippen LogP contribution is -2.42. The molecule has 0 bridgehead atoms. The standard InChI is InChI=1S/C17H21FN4.HI/c1-20-16(22-8-7-17(12-22)5-2-6-17)21-11-14-4-3-13(10-19)9-15(14)18;/h3-4,9H,2,5-8,11-12H2,1H3,(H,20,21);1H. The van der Waals surface area contributed by atoms with Gasteiger partial charge in [0.1, 0.15) is 5.82 Å². The van der Waals surface area contributed by atoms with E-state index in [9.17, 15) is 4.39 Å². The van der Waals surface area contributed by atoms with Gasteiger partial charge in [-0.15, -0.1) is 24.0 Å². The molecule has 1 saturated carbocycles. The average molecular weight is 428 g/mol. The van der Waals surface area contributed by atoms with Gasteiger partial charge in [0.15, 0.2) is 5.96 Å². The molecule has 1 N–H and O–H groups in total. The van der Waals surface area contributed by atoms with Crippen LogP contribution in [-0.2, 0) is 6.54 Å². The summed E-state index contributed by atoms with van der Waals surface area (Å²) in [6, 6.07) is 6.52. The highest BCUT2D eigenvalue weighted by molar-refractivity contribution is 14.0. The smallest absolute Gasteiger partial charge is 0.193 e. The molecule has 3 rings (SSSR count). The summed E-state index contributed by atoms with van der Waals surface area (Å²) in [5, 5.41) is 12.0. The van der Waals surface area contributed by atoms with Crippen LogP contribution in [0.2, 0.25) is 0 Å². The van der Waals surface area contributed by atoms with Gasteiger partial charge in [-0.05, 0) is 36.8 Å². The Kier molecular flexibility index (Phi) is 5.84. The molecule has 23 heavy (non-hydrogen) atoms. The molecule has 1 aliphatic heterocycles. The Morgan fingerprint density at radius 1 is 1.43 bits per heavy atom. The van der Waals surface area contributed by atoms with Crippen LogP contribution < -0.4 is 5.32 Å². The molecule has 1 aromatic rings. The maximum absolute atomic E-state index is 13.9. The van der Waals surface area contributed by atoms with Crippen LogP contribution in [0.25, 0.3) is 0 Å². The minimum atomic E-state index is -0.348. The van der Waals surface area contributed by atoms with Gasteiger partial charge in [0.25, 0.3) is 0 Å². The van der Waals surface area contributed by atoms with Gasteiger partial charge in [0.05, 0.1) is 11.6 Å². The molecule has 0 radical (unpaired) electrons. The number of benzene rings is 1. The Labute approximate surface area is 153 Å². The van der Waals surface area contributed by atoms with Crippen molar-refractivity contribution in [3.8, 4) is 6.07 Å². The zero-order valence-electron chi connectivity index (χ0n) is 13.3. The molecule has 1 spiro atoms. The lowest BCUT2D eigenvalue weighted by Gasteiger charge is -2.38. The van der Waals surface area contributed by atoms with E-state index in [2.05, 4.69) is 15.2 Å². The Morgan fingerprint density at radius 2 is 2.22 bits per heavy atom. The van der Waals surface area contributed by atoms with Gasteiger partial charge in [0, 0.05) is 32.2 Å². The maximum Gasteiger partial charge on any atom is 0.193 e. The van der Waals surface area contributed by atoms with Crippen molar-refractivity contribution >= 4 is 29.9 Å². The van der Waals surface area contributed by atoms with Crippen LogP contribution in [0.3, 0.4) is 0 Å². The number of hydrogen-bond donors (Lipinski definition) is 1. The van der Waals surface area contributed by atoms with Crippen LogP contribution >= 0.6 is 24.0 Å². The monoisotopic (exact) mass is 428 g/mol. The maximum atomic E-state index is 13.9. The van der Waals surface area contributed by atoms with Crippen molar-refractivity contribution in [2.45, 2.75) is 32.2 Å². The predicted molar refractivity (Wildman–Crippen MR) is 99.2 cm³/mol. The molecule has 6 heteroatoms. The van der Waals surface area contributed by atoms with E-state index in [1.165, 1.54) is 31.7 Å². The lowest BCUT2D eigenvalue weighted by molar-refractivity contribution is 0.151. The number of aliphatic imine (C=N–C) groups is 1. The van der Waals surface area contributed by atoms with E-state index in [1.54, 1.807) is 19.2 Å². The molecule has 0 amide bonds. The Morgan fingerprint density at radius 3 is 2.74 bits per heavy atom. The van der Waals surface area contributed by atoms with Gasteiger partial charge in [-0.1, -0.05) is 12.5 Å². The number of nitrogens with one attached hydrogen (secondary N) is 1. The zero-order valence-corrected chi connectivity index (χ0v) is 15.6. The highest BCUT2D eigenvalue weighted by Gasteiger charge is 2.43. The quantitative estimate of drug-likeness (QED) is 0.447. The largest absolute Gasteiger partial charge is 0.352 e. The van der Waals surface area contributed by atoms with Crippen molar-refractivity contribution in [2.75, 3.05) is 20.1 Å². The summed E-state index contributed by atoms with van der Waals surface area (Å²) in [6.07, 6.45) is 5.23. The predicted octanol–water partition coefficient (Wildman–Crippen LogP) is 3.27. The molecule has 1 saturated heterocycles. The van der Waals surface area contributed by atoms with Crippen molar-refractivity contribution in [3.63, 3.8) is 0 Å². The van der Waals surface area contributed by atoms with Crippen molar-refractivity contribution < 1.29 is 4.39 Å². The fourth-order valence-corrected chi connectivity index (χ4v) is 3.47.